The molecule has 0 aliphatic carbocycles. The van der Waals surface area contributed by atoms with Gasteiger partial charge in [0.1, 0.15) is 6.33 Å². The van der Waals surface area contributed by atoms with Gasteiger partial charge in [0.2, 0.25) is 0 Å². The van der Waals surface area contributed by atoms with Crippen LogP contribution in [0.4, 0.5) is 0 Å². The van der Waals surface area contributed by atoms with Crippen molar-refractivity contribution in [2.24, 2.45) is 0 Å². The van der Waals surface area contributed by atoms with Crippen LogP contribution in [0.2, 0.25) is 0 Å². The quantitative estimate of drug-likeness (QED) is 0.602. The van der Waals surface area contributed by atoms with E-state index in [-0.39, 0.29) is 0 Å². The molecule has 2 heterocycles. The summed E-state index contributed by atoms with van der Waals surface area (Å²) < 4.78 is 1.78. The minimum atomic E-state index is 0.499. The summed E-state index contributed by atoms with van der Waals surface area (Å²) in [7, 11) is 0. The summed E-state index contributed by atoms with van der Waals surface area (Å²) in [6.07, 6.45) is 1.68. The fourth-order valence-corrected chi connectivity index (χ4v) is 1.38. The first-order chi connectivity index (χ1) is 6.95. The van der Waals surface area contributed by atoms with Gasteiger partial charge in [-0.15, -0.1) is 5.10 Å². The highest BCUT2D eigenvalue weighted by Gasteiger charge is 2.05. The molecule has 0 radical (unpaired) electrons. The van der Waals surface area contributed by atoms with Crippen molar-refractivity contribution in [1.82, 2.24) is 30.2 Å². The van der Waals surface area contributed by atoms with Gasteiger partial charge >= 0.3 is 0 Å². The minimum absolute atomic E-state index is 0.499. The van der Waals surface area contributed by atoms with Crippen LogP contribution in [-0.4, -0.2) is 30.2 Å². The number of aromatic amines is 1. The number of nitrogens with one attached hydrogen (secondary N) is 1. The van der Waals surface area contributed by atoms with E-state index in [4.69, 9.17) is 0 Å². The Labute approximate surface area is 78.6 Å². The fourth-order valence-electron chi connectivity index (χ4n) is 1.38. The molecule has 14 heavy (non-hydrogen) atoms. The van der Waals surface area contributed by atoms with Crippen molar-refractivity contribution in [2.75, 3.05) is 0 Å². The van der Waals surface area contributed by atoms with Crippen molar-refractivity contribution in [3.63, 3.8) is 0 Å². The Balaban J connectivity index is 2.33. The molecule has 68 valence electrons. The van der Waals surface area contributed by atoms with E-state index in [0.29, 0.717) is 5.95 Å². The smallest absolute Gasteiger partial charge is 0.264 e. The summed E-state index contributed by atoms with van der Waals surface area (Å²) in [6.45, 7) is 0. The SMILES string of the molecule is c1ccc2c(c1)ncn2-c1nn[nH]n1. The third-order valence-corrected chi connectivity index (χ3v) is 2.00. The van der Waals surface area contributed by atoms with Crippen molar-refractivity contribution in [3.8, 4) is 5.95 Å². The molecule has 3 rings (SSSR count). The zero-order valence-electron chi connectivity index (χ0n) is 7.12. The highest BCUT2D eigenvalue weighted by Crippen LogP contribution is 2.13. The first kappa shape index (κ1) is 7.19. The lowest BCUT2D eigenvalue weighted by Gasteiger charge is -1.94. The number of nitrogens with zero attached hydrogens (tertiary/aromatic N) is 5. The lowest BCUT2D eigenvalue weighted by Crippen LogP contribution is -1.94. The van der Waals surface area contributed by atoms with Gasteiger partial charge < -0.3 is 0 Å². The molecule has 1 N–H and O–H groups in total. The van der Waals surface area contributed by atoms with E-state index in [2.05, 4.69) is 25.6 Å². The molecule has 0 aliphatic rings. The molecule has 1 aromatic carbocycles. The van der Waals surface area contributed by atoms with Crippen molar-refractivity contribution >= 4 is 11.0 Å². The van der Waals surface area contributed by atoms with Gasteiger partial charge in [-0.2, -0.15) is 5.21 Å². The van der Waals surface area contributed by atoms with Crippen molar-refractivity contribution in [1.29, 1.82) is 0 Å². The molecule has 0 saturated carbocycles. The number of H-pyrrole nitrogens is 1. The standard InChI is InChI=1S/C8H6N6/c1-2-4-7-6(3-1)9-5-14(7)8-10-12-13-11-8/h1-5H,(H,10,11,12,13). The number of hydrogen-bond donors (Lipinski definition) is 1. The number of fused-ring (bicyclic) bond motifs is 1. The molecule has 6 heteroatoms. The van der Waals surface area contributed by atoms with E-state index in [0.717, 1.165) is 11.0 Å². The minimum Gasteiger partial charge on any atom is -0.264 e. The van der Waals surface area contributed by atoms with Gasteiger partial charge in [0.25, 0.3) is 5.95 Å². The third kappa shape index (κ3) is 0.905. The molecule has 0 fully saturated rings. The number of imidazole rings is 1. The maximum atomic E-state index is 4.22. The van der Waals surface area contributed by atoms with Gasteiger partial charge in [0.15, 0.2) is 0 Å². The molecule has 0 spiro atoms. The van der Waals surface area contributed by atoms with E-state index in [1.54, 1.807) is 10.9 Å². The Morgan fingerprint density at radius 1 is 1.21 bits per heavy atom. The van der Waals surface area contributed by atoms with Crippen LogP contribution in [0.1, 0.15) is 0 Å². The molecular weight excluding hydrogens is 180 g/mol. The Bertz CT molecular complexity index is 552. The van der Waals surface area contributed by atoms with E-state index < -0.39 is 0 Å². The second-order valence-electron chi connectivity index (χ2n) is 2.82. The van der Waals surface area contributed by atoms with Crippen LogP contribution in [-0.2, 0) is 0 Å². The topological polar surface area (TPSA) is 72.3 Å². The first-order valence-corrected chi connectivity index (χ1v) is 4.11. The number of para-hydroxylation sites is 2. The highest BCUT2D eigenvalue weighted by molar-refractivity contribution is 5.76. The van der Waals surface area contributed by atoms with Gasteiger partial charge in [-0.1, -0.05) is 17.2 Å². The van der Waals surface area contributed by atoms with Gasteiger partial charge in [-0.3, -0.25) is 4.57 Å². The first-order valence-electron chi connectivity index (χ1n) is 4.11. The van der Waals surface area contributed by atoms with Gasteiger partial charge in [0, 0.05) is 0 Å². The lowest BCUT2D eigenvalue weighted by atomic mass is 10.3. The van der Waals surface area contributed by atoms with Gasteiger partial charge in [0.05, 0.1) is 11.0 Å². The number of aromatic nitrogens is 6. The third-order valence-electron chi connectivity index (χ3n) is 2.00. The molecule has 0 amide bonds. The normalized spacial score (nSPS) is 10.9. The predicted molar refractivity (Wildman–Crippen MR) is 48.8 cm³/mol. The Morgan fingerprint density at radius 3 is 3.00 bits per heavy atom. The highest BCUT2D eigenvalue weighted by atomic mass is 15.5. The summed E-state index contributed by atoms with van der Waals surface area (Å²) in [5.41, 5.74) is 1.88. The van der Waals surface area contributed by atoms with Crippen LogP contribution in [0.5, 0.6) is 0 Å². The predicted octanol–water partition coefficient (Wildman–Crippen LogP) is 0.539. The van der Waals surface area contributed by atoms with Crippen molar-refractivity contribution in [3.05, 3.63) is 30.6 Å². The summed E-state index contributed by atoms with van der Waals surface area (Å²) in [4.78, 5) is 4.22. The molecule has 0 unspecified atom stereocenters. The monoisotopic (exact) mass is 186 g/mol. The van der Waals surface area contributed by atoms with Crippen LogP contribution < -0.4 is 0 Å². The lowest BCUT2D eigenvalue weighted by molar-refractivity contribution is 0.881. The van der Waals surface area contributed by atoms with E-state index >= 15 is 0 Å². The van der Waals surface area contributed by atoms with Crippen molar-refractivity contribution < 1.29 is 0 Å². The molecule has 0 aliphatic heterocycles. The summed E-state index contributed by atoms with van der Waals surface area (Å²) in [6, 6.07) is 7.78. The molecule has 6 nitrogen and oxygen atoms in total. The summed E-state index contributed by atoms with van der Waals surface area (Å²) >= 11 is 0. The largest absolute Gasteiger partial charge is 0.275 e. The molecule has 0 atom stereocenters. The molecule has 2 aromatic heterocycles. The zero-order valence-corrected chi connectivity index (χ0v) is 7.12. The Morgan fingerprint density at radius 2 is 2.14 bits per heavy atom. The zero-order chi connectivity index (χ0) is 9.38. The van der Waals surface area contributed by atoms with E-state index in [9.17, 15) is 0 Å². The summed E-state index contributed by atoms with van der Waals surface area (Å²) in [5.74, 6) is 0.499. The summed E-state index contributed by atoms with van der Waals surface area (Å²) in [5, 5.41) is 13.7. The fraction of sp³-hybridized carbons (Fsp3) is 0. The maximum Gasteiger partial charge on any atom is 0.275 e. The maximum absolute atomic E-state index is 4.22. The molecule has 3 aromatic rings. The average Bonchev–Trinajstić information content (AvgIpc) is 2.85. The molecular formula is C8H6N6. The van der Waals surface area contributed by atoms with E-state index in [1.165, 1.54) is 0 Å². The average molecular weight is 186 g/mol. The van der Waals surface area contributed by atoms with Crippen LogP contribution >= 0.6 is 0 Å². The molecule has 0 bridgehead atoms. The number of tetrazole rings is 1. The van der Waals surface area contributed by atoms with Crippen LogP contribution in [0, 0.1) is 0 Å². The van der Waals surface area contributed by atoms with Gasteiger partial charge in [-0.25, -0.2) is 4.98 Å². The Hall–Kier alpha value is -2.24. The second-order valence-corrected chi connectivity index (χ2v) is 2.82. The second kappa shape index (κ2) is 2.63. The van der Waals surface area contributed by atoms with Crippen molar-refractivity contribution in [2.45, 2.75) is 0 Å². The number of benzene rings is 1. The van der Waals surface area contributed by atoms with Crippen LogP contribution in [0.25, 0.3) is 17.0 Å². The number of hydrogen-bond acceptors (Lipinski definition) is 4. The number of rotatable bonds is 1. The molecule has 0 saturated heterocycles. The van der Waals surface area contributed by atoms with Crippen LogP contribution in [0.15, 0.2) is 30.6 Å². The van der Waals surface area contributed by atoms with E-state index in [1.807, 2.05) is 24.3 Å². The Kier molecular flexibility index (Phi) is 1.35. The van der Waals surface area contributed by atoms with Crippen LogP contribution in [0.3, 0.4) is 0 Å². The van der Waals surface area contributed by atoms with Gasteiger partial charge in [-0.05, 0) is 17.3 Å².